The quantitative estimate of drug-likeness (QED) is 0.373. The maximum atomic E-state index is 14.7. The van der Waals surface area contributed by atoms with E-state index in [0.717, 1.165) is 29.5 Å². The van der Waals surface area contributed by atoms with Crippen molar-refractivity contribution in [3.8, 4) is 34.0 Å². The Labute approximate surface area is 197 Å². The monoisotopic (exact) mass is 461 g/mol. The van der Waals surface area contributed by atoms with E-state index in [1.165, 1.54) is 6.07 Å². The standard InChI is InChI=1S/C26H28FN5O2/c1-5-17(6-2)20-10-18(13-30-26(20)33)23-14-29-15(3)25(31-23)24-11-22(32-34-24)19-8-7-16(12-28-4)9-21(19)27/h7-11,13-14,17,28H,5-6,12H2,1-4H3,(H,30,33). The van der Waals surface area contributed by atoms with Gasteiger partial charge in [-0.3, -0.25) is 9.78 Å². The summed E-state index contributed by atoms with van der Waals surface area (Å²) in [5.74, 6) is 0.198. The highest BCUT2D eigenvalue weighted by Crippen LogP contribution is 2.30. The molecular weight excluding hydrogens is 433 g/mol. The molecule has 0 fully saturated rings. The number of benzene rings is 1. The zero-order chi connectivity index (χ0) is 24.2. The second kappa shape index (κ2) is 10.1. The first-order valence-electron chi connectivity index (χ1n) is 11.4. The number of hydrogen-bond acceptors (Lipinski definition) is 6. The number of aryl methyl sites for hydroxylation is 1. The van der Waals surface area contributed by atoms with Crippen LogP contribution in [0.5, 0.6) is 0 Å². The topological polar surface area (TPSA) is 96.7 Å². The number of nitrogens with one attached hydrogen (secondary N) is 2. The highest BCUT2D eigenvalue weighted by Gasteiger charge is 2.18. The smallest absolute Gasteiger partial charge is 0.251 e. The van der Waals surface area contributed by atoms with Gasteiger partial charge in [-0.2, -0.15) is 0 Å². The van der Waals surface area contributed by atoms with Gasteiger partial charge in [0, 0.05) is 35.5 Å². The fraction of sp³-hybridized carbons (Fsp3) is 0.308. The van der Waals surface area contributed by atoms with Gasteiger partial charge >= 0.3 is 0 Å². The van der Waals surface area contributed by atoms with Crippen molar-refractivity contribution in [3.63, 3.8) is 0 Å². The molecule has 4 rings (SSSR count). The molecule has 8 heteroatoms. The summed E-state index contributed by atoms with van der Waals surface area (Å²) in [4.78, 5) is 24.4. The Morgan fingerprint density at radius 3 is 2.65 bits per heavy atom. The predicted octanol–water partition coefficient (Wildman–Crippen LogP) is 5.22. The van der Waals surface area contributed by atoms with Crippen molar-refractivity contribution in [1.82, 2.24) is 25.4 Å². The molecule has 0 saturated carbocycles. The number of nitrogens with zero attached hydrogens (tertiary/aromatic N) is 3. The van der Waals surface area contributed by atoms with Crippen molar-refractivity contribution in [2.24, 2.45) is 0 Å². The largest absolute Gasteiger partial charge is 0.354 e. The van der Waals surface area contributed by atoms with Crippen LogP contribution in [-0.2, 0) is 6.54 Å². The molecule has 0 bridgehead atoms. The van der Waals surface area contributed by atoms with Crippen molar-refractivity contribution in [2.75, 3.05) is 7.05 Å². The minimum Gasteiger partial charge on any atom is -0.354 e. The van der Waals surface area contributed by atoms with Crippen molar-refractivity contribution in [2.45, 2.75) is 46.1 Å². The SMILES string of the molecule is CCC(CC)c1cc(-c2cnc(C)c(-c3cc(-c4ccc(CNC)cc4F)no3)n2)c[nH]c1=O. The van der Waals surface area contributed by atoms with Crippen LogP contribution >= 0.6 is 0 Å². The molecule has 0 unspecified atom stereocenters. The molecule has 0 aliphatic carbocycles. The Hall–Kier alpha value is -3.65. The number of H-pyrrole nitrogens is 1. The van der Waals surface area contributed by atoms with Crippen molar-refractivity contribution in [1.29, 1.82) is 0 Å². The zero-order valence-electron chi connectivity index (χ0n) is 19.8. The number of halogens is 1. The molecule has 7 nitrogen and oxygen atoms in total. The van der Waals surface area contributed by atoms with E-state index in [-0.39, 0.29) is 17.3 Å². The molecule has 34 heavy (non-hydrogen) atoms. The molecular formula is C26H28FN5O2. The van der Waals surface area contributed by atoms with E-state index < -0.39 is 0 Å². The van der Waals surface area contributed by atoms with Gasteiger partial charge in [0.1, 0.15) is 17.2 Å². The van der Waals surface area contributed by atoms with Crippen LogP contribution < -0.4 is 10.9 Å². The molecule has 1 aromatic carbocycles. The summed E-state index contributed by atoms with van der Waals surface area (Å²) >= 11 is 0. The third kappa shape index (κ3) is 4.68. The van der Waals surface area contributed by atoms with Gasteiger partial charge in [-0.05, 0) is 56.5 Å². The number of aromatic amines is 1. The summed E-state index contributed by atoms with van der Waals surface area (Å²) in [6.45, 7) is 6.54. The van der Waals surface area contributed by atoms with Crippen LogP contribution in [-0.4, -0.2) is 27.2 Å². The molecule has 2 N–H and O–H groups in total. The molecule has 176 valence electrons. The summed E-state index contributed by atoms with van der Waals surface area (Å²) in [7, 11) is 1.81. The van der Waals surface area contributed by atoms with Crippen LogP contribution in [0.1, 0.15) is 49.4 Å². The first kappa shape index (κ1) is 23.5. The van der Waals surface area contributed by atoms with Crippen molar-refractivity contribution >= 4 is 0 Å². The lowest BCUT2D eigenvalue weighted by molar-refractivity contribution is 0.432. The fourth-order valence-corrected chi connectivity index (χ4v) is 4.10. The summed E-state index contributed by atoms with van der Waals surface area (Å²) in [5, 5.41) is 7.07. The molecule has 0 radical (unpaired) electrons. The van der Waals surface area contributed by atoms with E-state index in [1.807, 2.05) is 26.1 Å². The summed E-state index contributed by atoms with van der Waals surface area (Å²) in [5.41, 5.74) is 4.77. The van der Waals surface area contributed by atoms with Crippen LogP contribution in [0.25, 0.3) is 34.0 Å². The van der Waals surface area contributed by atoms with Crippen LogP contribution in [0, 0.1) is 12.7 Å². The molecule has 0 aliphatic heterocycles. The fourth-order valence-electron chi connectivity index (χ4n) is 4.10. The van der Waals surface area contributed by atoms with Gasteiger partial charge in [0.25, 0.3) is 5.56 Å². The Morgan fingerprint density at radius 1 is 1.15 bits per heavy atom. The zero-order valence-corrected chi connectivity index (χ0v) is 19.8. The molecule has 0 amide bonds. The predicted molar refractivity (Wildman–Crippen MR) is 130 cm³/mol. The number of pyridine rings is 1. The van der Waals surface area contributed by atoms with Gasteiger partial charge in [-0.25, -0.2) is 9.37 Å². The van der Waals surface area contributed by atoms with Gasteiger partial charge in [-0.15, -0.1) is 0 Å². The second-order valence-electron chi connectivity index (χ2n) is 8.30. The lowest BCUT2D eigenvalue weighted by Gasteiger charge is -2.13. The van der Waals surface area contributed by atoms with E-state index in [4.69, 9.17) is 9.51 Å². The lowest BCUT2D eigenvalue weighted by Crippen LogP contribution is -2.15. The molecule has 4 aromatic rings. The molecule has 0 saturated heterocycles. The Kier molecular flexibility index (Phi) is 6.98. The molecule has 0 aliphatic rings. The molecule has 0 spiro atoms. The van der Waals surface area contributed by atoms with Gasteiger partial charge in [0.2, 0.25) is 0 Å². The highest BCUT2D eigenvalue weighted by atomic mass is 19.1. The maximum absolute atomic E-state index is 14.7. The minimum atomic E-state index is -0.369. The number of aromatic nitrogens is 4. The summed E-state index contributed by atoms with van der Waals surface area (Å²) in [6, 6.07) is 8.58. The van der Waals surface area contributed by atoms with E-state index >= 15 is 0 Å². The Bertz CT molecular complexity index is 1360. The number of hydrogen-bond donors (Lipinski definition) is 2. The van der Waals surface area contributed by atoms with E-state index in [0.29, 0.717) is 40.6 Å². The average Bonchev–Trinajstić information content (AvgIpc) is 3.31. The van der Waals surface area contributed by atoms with Gasteiger partial charge in [0.15, 0.2) is 5.76 Å². The normalized spacial score (nSPS) is 11.4. The van der Waals surface area contributed by atoms with E-state index in [9.17, 15) is 9.18 Å². The Balaban J connectivity index is 1.70. The first-order valence-corrected chi connectivity index (χ1v) is 11.4. The molecule has 3 heterocycles. The van der Waals surface area contributed by atoms with Crippen molar-refractivity contribution in [3.05, 3.63) is 75.7 Å². The van der Waals surface area contributed by atoms with Gasteiger partial charge < -0.3 is 14.8 Å². The summed E-state index contributed by atoms with van der Waals surface area (Å²) in [6.07, 6.45) is 5.06. The minimum absolute atomic E-state index is 0.0830. The highest BCUT2D eigenvalue weighted by molar-refractivity contribution is 5.68. The molecule has 3 aromatic heterocycles. The van der Waals surface area contributed by atoms with Crippen LogP contribution in [0.4, 0.5) is 4.39 Å². The number of rotatable bonds is 8. The summed E-state index contributed by atoms with van der Waals surface area (Å²) < 4.78 is 20.2. The maximum Gasteiger partial charge on any atom is 0.251 e. The lowest BCUT2D eigenvalue weighted by atomic mass is 9.94. The molecule has 0 atom stereocenters. The first-order chi connectivity index (χ1) is 16.4. The van der Waals surface area contributed by atoms with Crippen molar-refractivity contribution < 1.29 is 8.91 Å². The average molecular weight is 462 g/mol. The van der Waals surface area contributed by atoms with Crippen LogP contribution in [0.15, 0.2) is 52.0 Å². The second-order valence-corrected chi connectivity index (χ2v) is 8.30. The third-order valence-corrected chi connectivity index (χ3v) is 6.04. The van der Waals surface area contributed by atoms with E-state index in [2.05, 4.69) is 34.3 Å². The Morgan fingerprint density at radius 2 is 1.94 bits per heavy atom. The van der Waals surface area contributed by atoms with E-state index in [1.54, 1.807) is 24.5 Å². The van der Waals surface area contributed by atoms with Gasteiger partial charge in [0.05, 0.1) is 17.6 Å². The van der Waals surface area contributed by atoms with Crippen LogP contribution in [0.3, 0.4) is 0 Å². The van der Waals surface area contributed by atoms with Crippen LogP contribution in [0.2, 0.25) is 0 Å². The third-order valence-electron chi connectivity index (χ3n) is 6.04. The van der Waals surface area contributed by atoms with Gasteiger partial charge in [-0.1, -0.05) is 25.1 Å².